The topological polar surface area (TPSA) is 96.7 Å². The molecular formula is C14H20N4O4. The van der Waals surface area contributed by atoms with Crippen molar-refractivity contribution in [2.24, 2.45) is 0 Å². The Morgan fingerprint density at radius 1 is 1.32 bits per heavy atom. The molecule has 1 amide bonds. The monoisotopic (exact) mass is 308 g/mol. The van der Waals surface area contributed by atoms with Gasteiger partial charge in [-0.25, -0.2) is 0 Å². The second-order valence-corrected chi connectivity index (χ2v) is 4.98. The number of piperazine rings is 1. The van der Waals surface area contributed by atoms with Gasteiger partial charge in [-0.3, -0.25) is 19.8 Å². The van der Waals surface area contributed by atoms with Gasteiger partial charge in [-0.1, -0.05) is 0 Å². The van der Waals surface area contributed by atoms with Crippen LogP contribution in [0.25, 0.3) is 0 Å². The van der Waals surface area contributed by atoms with E-state index in [0.717, 1.165) is 32.7 Å². The Bertz CT molecular complexity index is 500. The lowest BCUT2D eigenvalue weighted by atomic mass is 10.3. The van der Waals surface area contributed by atoms with Crippen molar-refractivity contribution in [1.82, 2.24) is 15.5 Å². The number of amides is 1. The van der Waals surface area contributed by atoms with Gasteiger partial charge in [0.2, 0.25) is 0 Å². The van der Waals surface area contributed by atoms with Gasteiger partial charge in [0.15, 0.2) is 6.61 Å². The maximum Gasteiger partial charge on any atom is 0.269 e. The fourth-order valence-electron chi connectivity index (χ4n) is 2.15. The lowest BCUT2D eigenvalue weighted by molar-refractivity contribution is -0.384. The molecule has 0 saturated carbocycles. The van der Waals surface area contributed by atoms with Gasteiger partial charge < -0.3 is 15.4 Å². The van der Waals surface area contributed by atoms with Crippen LogP contribution in [0.5, 0.6) is 5.75 Å². The van der Waals surface area contributed by atoms with E-state index in [0.29, 0.717) is 12.3 Å². The summed E-state index contributed by atoms with van der Waals surface area (Å²) in [5.41, 5.74) is -0.00665. The van der Waals surface area contributed by atoms with Gasteiger partial charge in [0.25, 0.3) is 11.6 Å². The van der Waals surface area contributed by atoms with Crippen LogP contribution in [0.15, 0.2) is 24.3 Å². The van der Waals surface area contributed by atoms with Gasteiger partial charge >= 0.3 is 0 Å². The van der Waals surface area contributed by atoms with Crippen LogP contribution in [0.3, 0.4) is 0 Å². The Balaban J connectivity index is 1.63. The molecule has 120 valence electrons. The zero-order valence-corrected chi connectivity index (χ0v) is 12.3. The number of hydrogen-bond donors (Lipinski definition) is 2. The maximum atomic E-state index is 11.7. The Kier molecular flexibility index (Phi) is 6.11. The summed E-state index contributed by atoms with van der Waals surface area (Å²) < 4.78 is 5.29. The standard InChI is InChI=1S/C14H20N4O4/c19-14(16-7-10-17-8-5-15-6-9-17)11-22-13-3-1-12(2-4-13)18(20)21/h1-4,15H,5-11H2,(H,16,19). The van der Waals surface area contributed by atoms with Crippen molar-refractivity contribution < 1.29 is 14.5 Å². The van der Waals surface area contributed by atoms with Crippen LogP contribution >= 0.6 is 0 Å². The summed E-state index contributed by atoms with van der Waals surface area (Å²) in [5.74, 6) is 0.233. The highest BCUT2D eigenvalue weighted by molar-refractivity contribution is 5.77. The van der Waals surface area contributed by atoms with Gasteiger partial charge in [0.05, 0.1) is 4.92 Å². The van der Waals surface area contributed by atoms with E-state index in [1.54, 1.807) is 0 Å². The first-order valence-corrected chi connectivity index (χ1v) is 7.22. The summed E-state index contributed by atoms with van der Waals surface area (Å²) in [7, 11) is 0. The fraction of sp³-hybridized carbons (Fsp3) is 0.500. The third-order valence-electron chi connectivity index (χ3n) is 3.38. The number of ether oxygens (including phenoxy) is 1. The molecular weight excluding hydrogens is 288 g/mol. The predicted octanol–water partition coefficient (Wildman–Crippen LogP) is -0.00500. The summed E-state index contributed by atoms with van der Waals surface area (Å²) in [6, 6.07) is 5.65. The van der Waals surface area contributed by atoms with Gasteiger partial charge in [-0.2, -0.15) is 0 Å². The molecule has 1 heterocycles. The minimum atomic E-state index is -0.480. The molecule has 0 radical (unpaired) electrons. The third kappa shape index (κ3) is 5.30. The number of nitrogens with one attached hydrogen (secondary N) is 2. The van der Waals surface area contributed by atoms with Gasteiger partial charge in [0.1, 0.15) is 5.75 Å². The molecule has 1 aromatic rings. The summed E-state index contributed by atoms with van der Waals surface area (Å²) in [5, 5.41) is 16.6. The first-order valence-electron chi connectivity index (χ1n) is 7.22. The lowest BCUT2D eigenvalue weighted by Gasteiger charge is -2.27. The average molecular weight is 308 g/mol. The van der Waals surface area contributed by atoms with Crippen molar-refractivity contribution in [1.29, 1.82) is 0 Å². The van der Waals surface area contributed by atoms with Crippen LogP contribution in [0.1, 0.15) is 0 Å². The molecule has 0 bridgehead atoms. The van der Waals surface area contributed by atoms with Crippen LogP contribution < -0.4 is 15.4 Å². The van der Waals surface area contributed by atoms with E-state index in [9.17, 15) is 14.9 Å². The highest BCUT2D eigenvalue weighted by Gasteiger charge is 2.10. The number of nitro groups is 1. The molecule has 8 heteroatoms. The van der Waals surface area contributed by atoms with E-state index in [4.69, 9.17) is 4.74 Å². The predicted molar refractivity (Wildman–Crippen MR) is 80.9 cm³/mol. The molecule has 1 aliphatic heterocycles. The number of benzene rings is 1. The molecule has 0 unspecified atom stereocenters. The van der Waals surface area contributed by atoms with E-state index in [2.05, 4.69) is 15.5 Å². The molecule has 1 aromatic carbocycles. The van der Waals surface area contributed by atoms with Gasteiger partial charge in [0, 0.05) is 51.4 Å². The van der Waals surface area contributed by atoms with Gasteiger partial charge in [-0.15, -0.1) is 0 Å². The first-order chi connectivity index (χ1) is 10.6. The van der Waals surface area contributed by atoms with E-state index in [-0.39, 0.29) is 18.2 Å². The largest absolute Gasteiger partial charge is 0.484 e. The number of non-ortho nitro benzene ring substituents is 1. The van der Waals surface area contributed by atoms with Crippen LogP contribution in [-0.4, -0.2) is 61.6 Å². The highest BCUT2D eigenvalue weighted by atomic mass is 16.6. The second kappa shape index (κ2) is 8.30. The van der Waals surface area contributed by atoms with Crippen molar-refractivity contribution in [3.63, 3.8) is 0 Å². The quantitative estimate of drug-likeness (QED) is 0.543. The van der Waals surface area contributed by atoms with E-state index in [1.165, 1.54) is 24.3 Å². The molecule has 0 aromatic heterocycles. The Hall–Kier alpha value is -2.19. The Morgan fingerprint density at radius 2 is 2.00 bits per heavy atom. The summed E-state index contributed by atoms with van der Waals surface area (Å²) >= 11 is 0. The van der Waals surface area contributed by atoms with E-state index in [1.807, 2.05) is 0 Å². The molecule has 22 heavy (non-hydrogen) atoms. The molecule has 2 rings (SSSR count). The minimum absolute atomic E-state index is 0.00665. The normalized spacial score (nSPS) is 15.3. The zero-order valence-electron chi connectivity index (χ0n) is 12.3. The smallest absolute Gasteiger partial charge is 0.269 e. The number of nitro benzene ring substituents is 1. The lowest BCUT2D eigenvalue weighted by Crippen LogP contribution is -2.46. The number of carbonyl (C=O) groups excluding carboxylic acids is 1. The number of nitrogens with zero attached hydrogens (tertiary/aromatic N) is 2. The average Bonchev–Trinajstić information content (AvgIpc) is 2.54. The molecule has 1 saturated heterocycles. The minimum Gasteiger partial charge on any atom is -0.484 e. The number of hydrogen-bond acceptors (Lipinski definition) is 6. The molecule has 0 spiro atoms. The number of rotatable bonds is 7. The highest BCUT2D eigenvalue weighted by Crippen LogP contribution is 2.16. The Morgan fingerprint density at radius 3 is 2.64 bits per heavy atom. The fourth-order valence-corrected chi connectivity index (χ4v) is 2.15. The number of carbonyl (C=O) groups is 1. The Labute approximate surface area is 128 Å². The molecule has 1 fully saturated rings. The first kappa shape index (κ1) is 16.2. The van der Waals surface area contributed by atoms with Crippen molar-refractivity contribution in [2.45, 2.75) is 0 Å². The van der Waals surface area contributed by atoms with Crippen molar-refractivity contribution in [2.75, 3.05) is 45.9 Å². The van der Waals surface area contributed by atoms with Crippen molar-refractivity contribution in [3.05, 3.63) is 34.4 Å². The zero-order chi connectivity index (χ0) is 15.8. The van der Waals surface area contributed by atoms with Crippen molar-refractivity contribution in [3.8, 4) is 5.75 Å². The molecule has 0 aliphatic carbocycles. The van der Waals surface area contributed by atoms with Crippen LogP contribution in [-0.2, 0) is 4.79 Å². The second-order valence-electron chi connectivity index (χ2n) is 4.98. The third-order valence-corrected chi connectivity index (χ3v) is 3.38. The maximum absolute atomic E-state index is 11.7. The summed E-state index contributed by atoms with van der Waals surface area (Å²) in [4.78, 5) is 24.0. The molecule has 0 atom stereocenters. The van der Waals surface area contributed by atoms with E-state index < -0.39 is 4.92 Å². The summed E-state index contributed by atoms with van der Waals surface area (Å²) in [6.45, 7) is 5.27. The van der Waals surface area contributed by atoms with Crippen LogP contribution in [0, 0.1) is 10.1 Å². The molecule has 2 N–H and O–H groups in total. The van der Waals surface area contributed by atoms with Crippen molar-refractivity contribution >= 4 is 11.6 Å². The van der Waals surface area contributed by atoms with E-state index >= 15 is 0 Å². The molecule has 1 aliphatic rings. The van der Waals surface area contributed by atoms with Crippen LogP contribution in [0.2, 0.25) is 0 Å². The van der Waals surface area contributed by atoms with Gasteiger partial charge in [-0.05, 0) is 12.1 Å². The van der Waals surface area contributed by atoms with Crippen LogP contribution in [0.4, 0.5) is 5.69 Å². The summed E-state index contributed by atoms with van der Waals surface area (Å²) in [6.07, 6.45) is 0. The SMILES string of the molecule is O=C(COc1ccc([N+](=O)[O-])cc1)NCCN1CCNCC1. The molecule has 8 nitrogen and oxygen atoms in total.